The number of carbonyl (C=O) groups is 1. The highest BCUT2D eigenvalue weighted by Crippen LogP contribution is 2.32. The lowest BCUT2D eigenvalue weighted by molar-refractivity contribution is 0.0939. The third-order valence-electron chi connectivity index (χ3n) is 5.22. The third kappa shape index (κ3) is 4.20. The fourth-order valence-corrected chi connectivity index (χ4v) is 4.18. The zero-order valence-electron chi connectivity index (χ0n) is 17.0. The van der Waals surface area contributed by atoms with Crippen LogP contribution in [0.25, 0.3) is 21.6 Å². The van der Waals surface area contributed by atoms with E-state index >= 15 is 0 Å². The van der Waals surface area contributed by atoms with E-state index in [2.05, 4.69) is 45.2 Å². The molecule has 0 saturated heterocycles. The Kier molecular flexibility index (Phi) is 5.79. The van der Waals surface area contributed by atoms with Crippen LogP contribution in [-0.2, 0) is 6.54 Å². The SMILES string of the molecule is Cc1ccc(CN)cc1C(=O)NC(C)c1cc(-c2cn[nH]c2)cc(-c2cccs2)c1. The number of aryl methyl sites for hydroxylation is 1. The number of hydrogen-bond donors (Lipinski definition) is 3. The summed E-state index contributed by atoms with van der Waals surface area (Å²) in [4.78, 5) is 14.2. The van der Waals surface area contributed by atoms with Crippen molar-refractivity contribution in [3.05, 3.63) is 88.6 Å². The second-order valence-corrected chi connectivity index (χ2v) is 8.30. The van der Waals surface area contributed by atoms with Crippen LogP contribution < -0.4 is 11.1 Å². The summed E-state index contributed by atoms with van der Waals surface area (Å²) >= 11 is 1.70. The minimum atomic E-state index is -0.163. The van der Waals surface area contributed by atoms with Gasteiger partial charge in [-0.15, -0.1) is 11.3 Å². The topological polar surface area (TPSA) is 83.8 Å². The molecule has 0 fully saturated rings. The monoisotopic (exact) mass is 416 g/mol. The Bertz CT molecular complexity index is 1100. The van der Waals surface area contributed by atoms with Crippen LogP contribution in [0.4, 0.5) is 0 Å². The molecule has 1 atom stereocenters. The molecule has 1 unspecified atom stereocenters. The smallest absolute Gasteiger partial charge is 0.252 e. The number of carbonyl (C=O) groups excluding carboxylic acids is 1. The number of benzene rings is 2. The molecule has 0 saturated carbocycles. The molecule has 0 aliphatic carbocycles. The van der Waals surface area contributed by atoms with E-state index < -0.39 is 0 Å². The molecule has 0 spiro atoms. The summed E-state index contributed by atoms with van der Waals surface area (Å²) in [6.45, 7) is 4.36. The quantitative estimate of drug-likeness (QED) is 0.411. The zero-order valence-corrected chi connectivity index (χ0v) is 17.8. The van der Waals surface area contributed by atoms with Crippen molar-refractivity contribution in [3.8, 4) is 21.6 Å². The van der Waals surface area contributed by atoms with Gasteiger partial charge in [-0.1, -0.05) is 18.2 Å². The summed E-state index contributed by atoms with van der Waals surface area (Å²) in [7, 11) is 0. The Hall–Kier alpha value is -3.22. The maximum absolute atomic E-state index is 13.0. The molecule has 0 bridgehead atoms. The summed E-state index contributed by atoms with van der Waals surface area (Å²) in [5, 5.41) is 12.2. The van der Waals surface area contributed by atoms with Gasteiger partial charge in [-0.3, -0.25) is 9.89 Å². The molecule has 5 nitrogen and oxygen atoms in total. The highest BCUT2D eigenvalue weighted by molar-refractivity contribution is 7.13. The number of rotatable bonds is 6. The summed E-state index contributed by atoms with van der Waals surface area (Å²) in [6.07, 6.45) is 3.68. The van der Waals surface area contributed by atoms with E-state index in [1.807, 2.05) is 50.5 Å². The molecule has 1 amide bonds. The van der Waals surface area contributed by atoms with Gasteiger partial charge in [-0.25, -0.2) is 0 Å². The number of thiophene rings is 1. The lowest BCUT2D eigenvalue weighted by atomic mass is 9.97. The Morgan fingerprint density at radius 1 is 1.17 bits per heavy atom. The molecule has 2 aromatic carbocycles. The van der Waals surface area contributed by atoms with Crippen LogP contribution in [0.5, 0.6) is 0 Å². The van der Waals surface area contributed by atoms with Gasteiger partial charge in [0.1, 0.15) is 0 Å². The number of nitrogens with zero attached hydrogens (tertiary/aromatic N) is 1. The van der Waals surface area contributed by atoms with Crippen molar-refractivity contribution in [2.24, 2.45) is 5.73 Å². The predicted molar refractivity (Wildman–Crippen MR) is 122 cm³/mol. The molecule has 30 heavy (non-hydrogen) atoms. The Morgan fingerprint density at radius 2 is 2.00 bits per heavy atom. The van der Waals surface area contributed by atoms with Crippen molar-refractivity contribution in [2.75, 3.05) is 0 Å². The fourth-order valence-electron chi connectivity index (χ4n) is 3.46. The van der Waals surface area contributed by atoms with E-state index in [9.17, 15) is 4.79 Å². The largest absolute Gasteiger partial charge is 0.346 e. The van der Waals surface area contributed by atoms with Crippen molar-refractivity contribution in [1.82, 2.24) is 15.5 Å². The number of H-pyrrole nitrogens is 1. The van der Waals surface area contributed by atoms with Gasteiger partial charge in [-0.05, 0) is 77.4 Å². The first-order valence-electron chi connectivity index (χ1n) is 9.83. The number of hydrogen-bond acceptors (Lipinski definition) is 4. The van der Waals surface area contributed by atoms with Crippen molar-refractivity contribution in [1.29, 1.82) is 0 Å². The van der Waals surface area contributed by atoms with E-state index in [0.29, 0.717) is 12.1 Å². The first-order valence-corrected chi connectivity index (χ1v) is 10.7. The minimum Gasteiger partial charge on any atom is -0.346 e. The van der Waals surface area contributed by atoms with Crippen LogP contribution in [0.2, 0.25) is 0 Å². The lowest BCUT2D eigenvalue weighted by Crippen LogP contribution is -2.27. The number of nitrogens with one attached hydrogen (secondary N) is 2. The maximum atomic E-state index is 13.0. The van der Waals surface area contributed by atoms with Crippen LogP contribution in [0, 0.1) is 6.92 Å². The molecule has 0 aliphatic rings. The van der Waals surface area contributed by atoms with Gasteiger partial charge in [0, 0.05) is 28.7 Å². The van der Waals surface area contributed by atoms with Crippen molar-refractivity contribution < 1.29 is 4.79 Å². The van der Waals surface area contributed by atoms with Crippen molar-refractivity contribution in [2.45, 2.75) is 26.4 Å². The van der Waals surface area contributed by atoms with Gasteiger partial charge in [0.25, 0.3) is 5.91 Å². The Labute approximate surface area is 180 Å². The van der Waals surface area contributed by atoms with Gasteiger partial charge in [-0.2, -0.15) is 5.10 Å². The average Bonchev–Trinajstić information content (AvgIpc) is 3.48. The summed E-state index contributed by atoms with van der Waals surface area (Å²) < 4.78 is 0. The molecular weight excluding hydrogens is 392 g/mol. The molecule has 2 aromatic heterocycles. The maximum Gasteiger partial charge on any atom is 0.252 e. The van der Waals surface area contributed by atoms with E-state index in [1.54, 1.807) is 11.3 Å². The molecule has 0 radical (unpaired) electrons. The van der Waals surface area contributed by atoms with Crippen molar-refractivity contribution >= 4 is 17.2 Å². The third-order valence-corrected chi connectivity index (χ3v) is 6.14. The summed E-state index contributed by atoms with van der Waals surface area (Å²) in [5.41, 5.74) is 12.5. The highest BCUT2D eigenvalue weighted by Gasteiger charge is 2.16. The second kappa shape index (κ2) is 8.65. The molecule has 4 N–H and O–H groups in total. The van der Waals surface area contributed by atoms with Crippen molar-refractivity contribution in [3.63, 3.8) is 0 Å². The zero-order chi connectivity index (χ0) is 21.1. The number of aromatic nitrogens is 2. The van der Waals surface area contributed by atoms with Crippen LogP contribution >= 0.6 is 11.3 Å². The van der Waals surface area contributed by atoms with Gasteiger partial charge in [0.2, 0.25) is 0 Å². The fraction of sp³-hybridized carbons (Fsp3) is 0.167. The van der Waals surface area contributed by atoms with Gasteiger partial charge in [0.15, 0.2) is 0 Å². The molecular formula is C24H24N4OS. The van der Waals surface area contributed by atoms with E-state index in [4.69, 9.17) is 5.73 Å². The highest BCUT2D eigenvalue weighted by atomic mass is 32.1. The van der Waals surface area contributed by atoms with Gasteiger partial charge >= 0.3 is 0 Å². The lowest BCUT2D eigenvalue weighted by Gasteiger charge is -2.18. The van der Waals surface area contributed by atoms with E-state index in [-0.39, 0.29) is 11.9 Å². The Balaban J connectivity index is 1.66. The van der Waals surface area contributed by atoms with E-state index in [0.717, 1.165) is 33.4 Å². The summed E-state index contributed by atoms with van der Waals surface area (Å²) in [6, 6.07) is 16.2. The number of amides is 1. The van der Waals surface area contributed by atoms with Crippen LogP contribution in [0.1, 0.15) is 40.0 Å². The normalized spacial score (nSPS) is 12.0. The first-order chi connectivity index (χ1) is 14.5. The predicted octanol–water partition coefficient (Wildman–Crippen LogP) is 5.06. The second-order valence-electron chi connectivity index (χ2n) is 7.36. The summed E-state index contributed by atoms with van der Waals surface area (Å²) in [5.74, 6) is -0.0957. The molecule has 4 aromatic rings. The number of nitrogens with two attached hydrogens (primary N) is 1. The average molecular weight is 417 g/mol. The molecule has 4 rings (SSSR count). The molecule has 6 heteroatoms. The number of aromatic amines is 1. The van der Waals surface area contributed by atoms with Gasteiger partial charge < -0.3 is 11.1 Å². The minimum absolute atomic E-state index is 0.0957. The standard InChI is InChI=1S/C24H24N4OS/c1-15-5-6-17(12-25)8-22(15)24(29)28-16(2)18-9-19(21-13-26-27-14-21)11-20(10-18)23-4-3-7-30-23/h3-11,13-14,16H,12,25H2,1-2H3,(H,26,27)(H,28,29). The Morgan fingerprint density at radius 3 is 2.70 bits per heavy atom. The van der Waals surface area contributed by atoms with Crippen LogP contribution in [0.15, 0.2) is 66.3 Å². The first kappa shape index (κ1) is 20.1. The van der Waals surface area contributed by atoms with Gasteiger partial charge in [0.05, 0.1) is 12.2 Å². The molecule has 2 heterocycles. The van der Waals surface area contributed by atoms with Crippen LogP contribution in [-0.4, -0.2) is 16.1 Å². The van der Waals surface area contributed by atoms with E-state index in [1.165, 1.54) is 4.88 Å². The van der Waals surface area contributed by atoms with Crippen LogP contribution in [0.3, 0.4) is 0 Å². The molecule has 152 valence electrons. The molecule has 0 aliphatic heterocycles.